The fraction of sp³-hybridized carbons (Fsp3) is 0.300. The summed E-state index contributed by atoms with van der Waals surface area (Å²) < 4.78 is 10.7. The van der Waals surface area contributed by atoms with E-state index in [1.165, 1.54) is 0 Å². The Bertz CT molecular complexity index is 866. The maximum Gasteiger partial charge on any atom is 0.319 e. The molecule has 0 saturated carbocycles. The van der Waals surface area contributed by atoms with E-state index >= 15 is 0 Å². The Morgan fingerprint density at radius 1 is 1.15 bits per heavy atom. The molecule has 7 nitrogen and oxygen atoms in total. The van der Waals surface area contributed by atoms with E-state index in [2.05, 4.69) is 10.6 Å². The smallest absolute Gasteiger partial charge is 0.319 e. The maximum atomic E-state index is 12.4. The van der Waals surface area contributed by atoms with Gasteiger partial charge in [-0.15, -0.1) is 0 Å². The van der Waals surface area contributed by atoms with Crippen molar-refractivity contribution in [3.8, 4) is 11.5 Å². The molecule has 3 amide bonds. The molecule has 2 aliphatic heterocycles. The molecule has 0 aliphatic carbocycles. The molecular formula is C20H21N3O4. The van der Waals surface area contributed by atoms with E-state index in [4.69, 9.17) is 9.47 Å². The average Bonchev–Trinajstić information content (AvgIpc) is 3.27. The van der Waals surface area contributed by atoms with Crippen molar-refractivity contribution in [3.05, 3.63) is 48.0 Å². The highest BCUT2D eigenvalue weighted by molar-refractivity contribution is 5.96. The van der Waals surface area contributed by atoms with Crippen LogP contribution >= 0.6 is 0 Å². The summed E-state index contributed by atoms with van der Waals surface area (Å²) in [6.45, 7) is 3.19. The van der Waals surface area contributed by atoms with Crippen molar-refractivity contribution in [2.75, 3.05) is 30.1 Å². The van der Waals surface area contributed by atoms with E-state index in [-0.39, 0.29) is 24.6 Å². The van der Waals surface area contributed by atoms with Gasteiger partial charge in [0.2, 0.25) is 12.7 Å². The molecule has 2 aromatic rings. The van der Waals surface area contributed by atoms with Gasteiger partial charge in [0.25, 0.3) is 0 Å². The Balaban J connectivity index is 1.31. The summed E-state index contributed by atoms with van der Waals surface area (Å²) in [7, 11) is 0. The molecule has 1 saturated heterocycles. The van der Waals surface area contributed by atoms with E-state index in [1.807, 2.05) is 49.4 Å². The van der Waals surface area contributed by atoms with Crippen LogP contribution in [-0.2, 0) is 4.79 Å². The number of ether oxygens (including phenoxy) is 2. The van der Waals surface area contributed by atoms with Crippen molar-refractivity contribution >= 4 is 23.3 Å². The molecule has 140 valence electrons. The molecule has 7 heteroatoms. The highest BCUT2D eigenvalue weighted by Gasteiger charge is 2.31. The predicted molar refractivity (Wildman–Crippen MR) is 101 cm³/mol. The number of rotatable bonds is 4. The van der Waals surface area contributed by atoms with Crippen LogP contribution in [0.3, 0.4) is 0 Å². The number of carbonyl (C=O) groups is 2. The summed E-state index contributed by atoms with van der Waals surface area (Å²) in [5.41, 5.74) is 2.66. The monoisotopic (exact) mass is 367 g/mol. The van der Waals surface area contributed by atoms with Gasteiger partial charge in [-0.3, -0.25) is 4.79 Å². The largest absolute Gasteiger partial charge is 0.454 e. The van der Waals surface area contributed by atoms with Gasteiger partial charge in [0.15, 0.2) is 11.5 Å². The lowest BCUT2D eigenvalue weighted by Gasteiger charge is -2.17. The van der Waals surface area contributed by atoms with Crippen LogP contribution in [0.5, 0.6) is 11.5 Å². The maximum absolute atomic E-state index is 12.4. The van der Waals surface area contributed by atoms with Gasteiger partial charge in [-0.2, -0.15) is 0 Å². The van der Waals surface area contributed by atoms with Crippen LogP contribution in [0.15, 0.2) is 42.5 Å². The predicted octanol–water partition coefficient (Wildman–Crippen LogP) is 2.90. The normalized spacial score (nSPS) is 17.9. The van der Waals surface area contributed by atoms with Gasteiger partial charge in [0.1, 0.15) is 0 Å². The Kier molecular flexibility index (Phi) is 4.58. The zero-order valence-electron chi connectivity index (χ0n) is 15.0. The Morgan fingerprint density at radius 2 is 1.93 bits per heavy atom. The summed E-state index contributed by atoms with van der Waals surface area (Å²) in [5.74, 6) is 1.45. The van der Waals surface area contributed by atoms with Gasteiger partial charge in [0.05, 0.1) is 0 Å². The van der Waals surface area contributed by atoms with Crippen LogP contribution in [0.4, 0.5) is 16.2 Å². The van der Waals surface area contributed by atoms with Crippen molar-refractivity contribution in [1.82, 2.24) is 5.32 Å². The van der Waals surface area contributed by atoms with Crippen LogP contribution in [0.2, 0.25) is 0 Å². The van der Waals surface area contributed by atoms with Crippen molar-refractivity contribution in [1.29, 1.82) is 0 Å². The zero-order valence-corrected chi connectivity index (χ0v) is 15.0. The fourth-order valence-corrected chi connectivity index (χ4v) is 3.27. The molecule has 2 aliphatic rings. The number of nitrogens with zero attached hydrogens (tertiary/aromatic N) is 1. The first-order valence-corrected chi connectivity index (χ1v) is 8.90. The number of benzene rings is 2. The first-order chi connectivity index (χ1) is 13.1. The molecule has 0 radical (unpaired) electrons. The summed E-state index contributed by atoms with van der Waals surface area (Å²) in [5, 5.41) is 5.64. The first-order valence-electron chi connectivity index (χ1n) is 8.90. The quantitative estimate of drug-likeness (QED) is 0.871. The number of carbonyl (C=O) groups excluding carboxylic acids is 2. The summed E-state index contributed by atoms with van der Waals surface area (Å²) in [6, 6.07) is 12.8. The number of urea groups is 1. The number of fused-ring (bicyclic) bond motifs is 1. The van der Waals surface area contributed by atoms with E-state index in [9.17, 15) is 9.59 Å². The Labute approximate surface area is 157 Å². The van der Waals surface area contributed by atoms with Crippen LogP contribution in [0, 0.1) is 12.8 Å². The molecule has 0 aromatic heterocycles. The molecule has 1 fully saturated rings. The van der Waals surface area contributed by atoms with Gasteiger partial charge in [-0.25, -0.2) is 4.79 Å². The highest BCUT2D eigenvalue weighted by atomic mass is 16.7. The summed E-state index contributed by atoms with van der Waals surface area (Å²) in [6.07, 6.45) is 0.402. The molecular weight excluding hydrogens is 346 g/mol. The van der Waals surface area contributed by atoms with Crippen molar-refractivity contribution in [2.45, 2.75) is 13.3 Å². The Morgan fingerprint density at radius 3 is 2.74 bits per heavy atom. The standard InChI is InChI=1S/C20H21N3O4/c1-13-2-4-15(5-3-13)22-20(25)21-10-14-8-19(24)23(11-14)16-6-7-17-18(9-16)27-12-26-17/h2-7,9,14H,8,10-12H2,1H3,(H2,21,22,25). The second-order valence-electron chi connectivity index (χ2n) is 6.81. The van der Waals surface area contributed by atoms with Gasteiger partial charge >= 0.3 is 6.03 Å². The molecule has 0 bridgehead atoms. The van der Waals surface area contributed by atoms with Crippen LogP contribution in [0.25, 0.3) is 0 Å². The molecule has 0 spiro atoms. The van der Waals surface area contributed by atoms with E-state index < -0.39 is 0 Å². The number of amides is 3. The van der Waals surface area contributed by atoms with Crippen molar-refractivity contribution in [2.24, 2.45) is 5.92 Å². The molecule has 2 N–H and O–H groups in total. The van der Waals surface area contributed by atoms with Crippen molar-refractivity contribution in [3.63, 3.8) is 0 Å². The third kappa shape index (κ3) is 3.81. The average molecular weight is 367 g/mol. The third-order valence-corrected chi connectivity index (χ3v) is 4.73. The summed E-state index contributed by atoms with van der Waals surface area (Å²) in [4.78, 5) is 26.2. The minimum Gasteiger partial charge on any atom is -0.454 e. The molecule has 27 heavy (non-hydrogen) atoms. The van der Waals surface area contributed by atoms with Crippen LogP contribution < -0.4 is 25.0 Å². The van der Waals surface area contributed by atoms with E-state index in [1.54, 1.807) is 4.90 Å². The first kappa shape index (κ1) is 17.2. The van der Waals surface area contributed by atoms with E-state index in [0.29, 0.717) is 31.0 Å². The molecule has 1 unspecified atom stereocenters. The lowest BCUT2D eigenvalue weighted by molar-refractivity contribution is -0.117. The number of anilines is 2. The fourth-order valence-electron chi connectivity index (χ4n) is 3.27. The van der Waals surface area contributed by atoms with Gasteiger partial charge in [0, 0.05) is 42.9 Å². The Hall–Kier alpha value is -3.22. The topological polar surface area (TPSA) is 79.9 Å². The highest BCUT2D eigenvalue weighted by Crippen LogP contribution is 2.37. The van der Waals surface area contributed by atoms with Gasteiger partial charge < -0.3 is 25.0 Å². The summed E-state index contributed by atoms with van der Waals surface area (Å²) >= 11 is 0. The number of hydrogen-bond donors (Lipinski definition) is 2. The molecule has 4 rings (SSSR count). The zero-order chi connectivity index (χ0) is 18.8. The second kappa shape index (κ2) is 7.19. The second-order valence-corrected chi connectivity index (χ2v) is 6.81. The minimum absolute atomic E-state index is 0.0413. The van der Waals surface area contributed by atoms with Crippen LogP contribution in [-0.4, -0.2) is 31.8 Å². The van der Waals surface area contributed by atoms with E-state index in [0.717, 1.165) is 16.9 Å². The number of aryl methyl sites for hydroxylation is 1. The lowest BCUT2D eigenvalue weighted by Crippen LogP contribution is -2.34. The SMILES string of the molecule is Cc1ccc(NC(=O)NCC2CC(=O)N(c3ccc4c(c3)OCO4)C2)cc1. The van der Waals surface area contributed by atoms with Crippen LogP contribution in [0.1, 0.15) is 12.0 Å². The van der Waals surface area contributed by atoms with Gasteiger partial charge in [-0.1, -0.05) is 17.7 Å². The van der Waals surface area contributed by atoms with Crippen molar-refractivity contribution < 1.29 is 19.1 Å². The van der Waals surface area contributed by atoms with Gasteiger partial charge in [-0.05, 0) is 31.2 Å². The molecule has 1 atom stereocenters. The lowest BCUT2D eigenvalue weighted by atomic mass is 10.1. The number of nitrogens with one attached hydrogen (secondary N) is 2. The number of hydrogen-bond acceptors (Lipinski definition) is 4. The third-order valence-electron chi connectivity index (χ3n) is 4.73. The molecule has 2 heterocycles. The minimum atomic E-state index is -0.271. The molecule has 2 aromatic carbocycles.